The number of rotatable bonds is 6. The lowest BCUT2D eigenvalue weighted by Gasteiger charge is -2.19. The third kappa shape index (κ3) is 3.70. The summed E-state index contributed by atoms with van der Waals surface area (Å²) in [5.41, 5.74) is 0.825. The van der Waals surface area contributed by atoms with Crippen LogP contribution in [0.3, 0.4) is 0 Å². The van der Waals surface area contributed by atoms with E-state index in [4.69, 9.17) is 4.74 Å². The predicted molar refractivity (Wildman–Crippen MR) is 73.7 cm³/mol. The van der Waals surface area contributed by atoms with E-state index >= 15 is 0 Å². The molecule has 4 heteroatoms. The number of carboxylic acid groups (broad SMARTS) is 1. The van der Waals surface area contributed by atoms with Crippen LogP contribution in [-0.2, 0) is 4.79 Å². The van der Waals surface area contributed by atoms with Gasteiger partial charge in [-0.25, -0.2) is 0 Å². The third-order valence-corrected chi connectivity index (χ3v) is 3.73. The van der Waals surface area contributed by atoms with Gasteiger partial charge in [-0.15, -0.1) is 0 Å². The fourth-order valence-corrected chi connectivity index (χ4v) is 2.61. The molecule has 1 unspecified atom stereocenters. The number of hydrogen-bond donors (Lipinski definition) is 1. The molecule has 1 aromatic rings. The summed E-state index contributed by atoms with van der Waals surface area (Å²) < 4.78 is 5.16. The number of methoxy groups -OCH3 is 1. The van der Waals surface area contributed by atoms with Crippen LogP contribution < -0.4 is 4.74 Å². The largest absolute Gasteiger partial charge is 0.497 e. The van der Waals surface area contributed by atoms with Crippen molar-refractivity contribution in [3.63, 3.8) is 0 Å². The summed E-state index contributed by atoms with van der Waals surface area (Å²) in [6, 6.07) is 7.37. The fraction of sp³-hybridized carbons (Fsp3) is 0.533. The molecule has 0 aliphatic carbocycles. The Morgan fingerprint density at radius 2 is 2.16 bits per heavy atom. The molecule has 0 bridgehead atoms. The molecule has 0 aromatic heterocycles. The standard InChI is InChI=1S/C15H21NO3/c1-19-13-6-4-5-12(11-13)14(15(17)18)7-10-16-8-2-3-9-16/h4-6,11,14H,2-3,7-10H2,1H3,(H,17,18). The minimum atomic E-state index is -0.757. The molecule has 104 valence electrons. The van der Waals surface area contributed by atoms with Crippen molar-refractivity contribution in [2.75, 3.05) is 26.7 Å². The molecular weight excluding hydrogens is 242 g/mol. The van der Waals surface area contributed by atoms with Crippen molar-refractivity contribution in [2.24, 2.45) is 0 Å². The average Bonchev–Trinajstić information content (AvgIpc) is 2.92. The van der Waals surface area contributed by atoms with Crippen molar-refractivity contribution in [2.45, 2.75) is 25.2 Å². The predicted octanol–water partition coefficient (Wildman–Crippen LogP) is 2.35. The highest BCUT2D eigenvalue weighted by molar-refractivity contribution is 5.76. The first-order chi connectivity index (χ1) is 9.20. The molecule has 19 heavy (non-hydrogen) atoms. The van der Waals surface area contributed by atoms with Crippen molar-refractivity contribution in [3.8, 4) is 5.75 Å². The number of carboxylic acids is 1. The Balaban J connectivity index is 2.03. The molecule has 1 heterocycles. The molecule has 1 N–H and O–H groups in total. The van der Waals surface area contributed by atoms with Crippen LogP contribution in [0.5, 0.6) is 5.75 Å². The van der Waals surface area contributed by atoms with Gasteiger partial charge in [0.1, 0.15) is 5.75 Å². The molecule has 0 amide bonds. The Bertz CT molecular complexity index is 427. The summed E-state index contributed by atoms with van der Waals surface area (Å²) >= 11 is 0. The van der Waals surface area contributed by atoms with E-state index in [9.17, 15) is 9.90 Å². The van der Waals surface area contributed by atoms with E-state index in [1.54, 1.807) is 7.11 Å². The second-order valence-electron chi connectivity index (χ2n) is 5.00. The van der Waals surface area contributed by atoms with E-state index < -0.39 is 11.9 Å². The Labute approximate surface area is 114 Å². The molecule has 0 saturated carbocycles. The third-order valence-electron chi connectivity index (χ3n) is 3.73. The van der Waals surface area contributed by atoms with Crippen molar-refractivity contribution in [1.29, 1.82) is 0 Å². The summed E-state index contributed by atoms with van der Waals surface area (Å²) in [7, 11) is 1.60. The van der Waals surface area contributed by atoms with Crippen LogP contribution in [0.15, 0.2) is 24.3 Å². The number of ether oxygens (including phenoxy) is 1. The summed E-state index contributed by atoms with van der Waals surface area (Å²) in [5, 5.41) is 9.40. The maximum atomic E-state index is 11.4. The van der Waals surface area contributed by atoms with Gasteiger partial charge in [0, 0.05) is 0 Å². The van der Waals surface area contributed by atoms with E-state index in [1.165, 1.54) is 12.8 Å². The minimum absolute atomic E-state index is 0.448. The summed E-state index contributed by atoms with van der Waals surface area (Å²) in [6.07, 6.45) is 3.12. The van der Waals surface area contributed by atoms with Gasteiger partial charge in [-0.2, -0.15) is 0 Å². The van der Waals surface area contributed by atoms with Crippen LogP contribution in [0.25, 0.3) is 0 Å². The van der Waals surface area contributed by atoms with Gasteiger partial charge in [0.15, 0.2) is 0 Å². The number of carbonyl (C=O) groups is 1. The normalized spacial score (nSPS) is 17.3. The molecule has 0 radical (unpaired) electrons. The Morgan fingerprint density at radius 1 is 1.42 bits per heavy atom. The fourth-order valence-electron chi connectivity index (χ4n) is 2.61. The zero-order valence-corrected chi connectivity index (χ0v) is 11.3. The quantitative estimate of drug-likeness (QED) is 0.856. The zero-order chi connectivity index (χ0) is 13.7. The van der Waals surface area contributed by atoms with E-state index in [-0.39, 0.29) is 0 Å². The van der Waals surface area contributed by atoms with E-state index in [1.807, 2.05) is 24.3 Å². The van der Waals surface area contributed by atoms with Crippen LogP contribution in [0.1, 0.15) is 30.7 Å². The maximum absolute atomic E-state index is 11.4. The molecule has 1 aliphatic rings. The summed E-state index contributed by atoms with van der Waals surface area (Å²) in [4.78, 5) is 13.8. The molecule has 2 rings (SSSR count). The molecule has 1 aromatic carbocycles. The lowest BCUT2D eigenvalue weighted by Crippen LogP contribution is -2.24. The van der Waals surface area contributed by atoms with Crippen LogP contribution in [0.4, 0.5) is 0 Å². The monoisotopic (exact) mass is 263 g/mol. The molecule has 1 atom stereocenters. The molecular formula is C15H21NO3. The highest BCUT2D eigenvalue weighted by Crippen LogP contribution is 2.25. The molecule has 1 fully saturated rings. The van der Waals surface area contributed by atoms with Crippen LogP contribution in [0, 0.1) is 0 Å². The summed E-state index contributed by atoms with van der Waals surface area (Å²) in [5.74, 6) is -0.493. The van der Waals surface area contributed by atoms with E-state index in [0.29, 0.717) is 12.2 Å². The van der Waals surface area contributed by atoms with Gasteiger partial charge in [-0.05, 0) is 56.6 Å². The second kappa shape index (κ2) is 6.57. The van der Waals surface area contributed by atoms with Crippen LogP contribution in [-0.4, -0.2) is 42.7 Å². The van der Waals surface area contributed by atoms with Gasteiger partial charge in [-0.1, -0.05) is 12.1 Å². The van der Waals surface area contributed by atoms with Crippen LogP contribution in [0.2, 0.25) is 0 Å². The lowest BCUT2D eigenvalue weighted by molar-refractivity contribution is -0.139. The highest BCUT2D eigenvalue weighted by atomic mass is 16.5. The topological polar surface area (TPSA) is 49.8 Å². The first-order valence-corrected chi connectivity index (χ1v) is 6.80. The van der Waals surface area contributed by atoms with Gasteiger partial charge >= 0.3 is 5.97 Å². The maximum Gasteiger partial charge on any atom is 0.311 e. The number of nitrogens with zero attached hydrogens (tertiary/aromatic N) is 1. The molecule has 0 spiro atoms. The number of benzene rings is 1. The molecule has 1 aliphatic heterocycles. The van der Waals surface area contributed by atoms with Gasteiger partial charge < -0.3 is 14.7 Å². The van der Waals surface area contributed by atoms with Gasteiger partial charge in [0.25, 0.3) is 0 Å². The van der Waals surface area contributed by atoms with Crippen LogP contribution >= 0.6 is 0 Å². The smallest absolute Gasteiger partial charge is 0.311 e. The minimum Gasteiger partial charge on any atom is -0.497 e. The first kappa shape index (κ1) is 13.9. The number of aliphatic carboxylic acids is 1. The highest BCUT2D eigenvalue weighted by Gasteiger charge is 2.22. The Hall–Kier alpha value is -1.55. The lowest BCUT2D eigenvalue weighted by atomic mass is 9.95. The Kier molecular flexibility index (Phi) is 4.80. The van der Waals surface area contributed by atoms with Crippen molar-refractivity contribution < 1.29 is 14.6 Å². The Morgan fingerprint density at radius 3 is 2.79 bits per heavy atom. The van der Waals surface area contributed by atoms with Gasteiger partial charge in [-0.3, -0.25) is 4.79 Å². The van der Waals surface area contributed by atoms with Crippen molar-refractivity contribution in [1.82, 2.24) is 4.90 Å². The molecule has 1 saturated heterocycles. The van der Waals surface area contributed by atoms with Crippen molar-refractivity contribution in [3.05, 3.63) is 29.8 Å². The SMILES string of the molecule is COc1cccc(C(CCN2CCCC2)C(=O)O)c1. The van der Waals surface area contributed by atoms with Gasteiger partial charge in [0.2, 0.25) is 0 Å². The second-order valence-corrected chi connectivity index (χ2v) is 5.00. The van der Waals surface area contributed by atoms with E-state index in [2.05, 4.69) is 4.90 Å². The van der Waals surface area contributed by atoms with Crippen molar-refractivity contribution >= 4 is 5.97 Å². The first-order valence-electron chi connectivity index (χ1n) is 6.80. The van der Waals surface area contributed by atoms with E-state index in [0.717, 1.165) is 25.2 Å². The number of likely N-dealkylation sites (tertiary alicyclic amines) is 1. The summed E-state index contributed by atoms with van der Waals surface area (Å²) in [6.45, 7) is 3.06. The molecule has 4 nitrogen and oxygen atoms in total. The zero-order valence-electron chi connectivity index (χ0n) is 11.3. The van der Waals surface area contributed by atoms with Gasteiger partial charge in [0.05, 0.1) is 13.0 Å². The average molecular weight is 263 g/mol. The number of hydrogen-bond acceptors (Lipinski definition) is 3.